The summed E-state index contributed by atoms with van der Waals surface area (Å²) in [4.78, 5) is 22.3. The highest BCUT2D eigenvalue weighted by Crippen LogP contribution is 2.19. The lowest BCUT2D eigenvalue weighted by Crippen LogP contribution is -2.30. The van der Waals surface area contributed by atoms with Crippen LogP contribution in [0.2, 0.25) is 5.02 Å². The fraction of sp³-hybridized carbons (Fsp3) is 0.0909. The first kappa shape index (κ1) is 14.0. The van der Waals surface area contributed by atoms with E-state index < -0.39 is 10.5 Å². The van der Waals surface area contributed by atoms with Gasteiger partial charge in [0, 0.05) is 19.2 Å². The Hall–Kier alpha value is -2.45. The average Bonchev–Trinajstić information content (AvgIpc) is 2.41. The fourth-order valence-electron chi connectivity index (χ4n) is 1.59. The van der Waals surface area contributed by atoms with Crippen LogP contribution in [0.3, 0.4) is 0 Å². The summed E-state index contributed by atoms with van der Waals surface area (Å²) in [5.74, 6) is 5.51. The zero-order valence-electron chi connectivity index (χ0n) is 10.4. The second kappa shape index (κ2) is 5.27. The lowest BCUT2D eigenvalue weighted by atomic mass is 10.3. The van der Waals surface area contributed by atoms with Crippen LogP contribution < -0.4 is 16.4 Å². The molecule has 2 rings (SSSR count). The van der Waals surface area contributed by atoms with Crippen molar-refractivity contribution in [3.05, 3.63) is 56.0 Å². The molecule has 0 radical (unpaired) electrons. The number of hydrogen-bond acceptors (Lipinski definition) is 6. The van der Waals surface area contributed by atoms with Crippen molar-refractivity contribution in [1.29, 1.82) is 0 Å². The summed E-state index contributed by atoms with van der Waals surface area (Å²) in [7, 11) is 1.51. The summed E-state index contributed by atoms with van der Waals surface area (Å²) in [5, 5.41) is 15.7. The molecule has 0 unspecified atom stereocenters. The topological polar surface area (TPSA) is 107 Å². The summed E-state index contributed by atoms with van der Waals surface area (Å²) in [6.07, 6.45) is 1.31. The highest BCUT2D eigenvalue weighted by Gasteiger charge is 2.14. The van der Waals surface area contributed by atoms with E-state index in [2.05, 4.69) is 5.10 Å². The van der Waals surface area contributed by atoms with Crippen molar-refractivity contribution in [1.82, 2.24) is 9.78 Å². The number of hydrogen-bond donors (Lipinski definition) is 1. The van der Waals surface area contributed by atoms with Gasteiger partial charge in [-0.15, -0.1) is 0 Å². The Kier molecular flexibility index (Phi) is 3.68. The van der Waals surface area contributed by atoms with Gasteiger partial charge in [-0.05, 0) is 6.07 Å². The number of benzene rings is 1. The quantitative estimate of drug-likeness (QED) is 0.516. The van der Waals surface area contributed by atoms with Crippen LogP contribution in [0.25, 0.3) is 5.69 Å². The lowest BCUT2D eigenvalue weighted by molar-refractivity contribution is -0.384. The first-order valence-corrected chi connectivity index (χ1v) is 5.80. The molecule has 8 nitrogen and oxygen atoms in total. The second-order valence-corrected chi connectivity index (χ2v) is 4.33. The van der Waals surface area contributed by atoms with Gasteiger partial charge in [0.25, 0.3) is 11.2 Å². The zero-order chi connectivity index (χ0) is 14.9. The molecular weight excluding hydrogens is 286 g/mol. The van der Waals surface area contributed by atoms with E-state index in [4.69, 9.17) is 17.4 Å². The van der Waals surface area contributed by atoms with Gasteiger partial charge in [-0.25, -0.2) is 5.84 Å². The molecule has 0 aliphatic rings. The van der Waals surface area contributed by atoms with Gasteiger partial charge in [-0.2, -0.15) is 9.78 Å². The lowest BCUT2D eigenvalue weighted by Gasteiger charge is -2.14. The molecule has 104 valence electrons. The molecule has 0 saturated carbocycles. The minimum absolute atomic E-state index is 0.114. The number of hydrazine groups is 1. The summed E-state index contributed by atoms with van der Waals surface area (Å²) in [6.45, 7) is 0. The number of rotatable bonds is 3. The second-order valence-electron chi connectivity index (χ2n) is 3.95. The van der Waals surface area contributed by atoms with Crippen LogP contribution in [0.1, 0.15) is 0 Å². The van der Waals surface area contributed by atoms with Crippen LogP contribution in [0.4, 0.5) is 11.4 Å². The van der Waals surface area contributed by atoms with Crippen molar-refractivity contribution in [2.24, 2.45) is 5.84 Å². The number of anilines is 1. The first-order chi connectivity index (χ1) is 9.41. The van der Waals surface area contributed by atoms with Crippen LogP contribution >= 0.6 is 11.6 Å². The third kappa shape index (κ3) is 2.46. The average molecular weight is 296 g/mol. The van der Waals surface area contributed by atoms with E-state index in [1.165, 1.54) is 37.5 Å². The van der Waals surface area contributed by atoms with E-state index in [1.54, 1.807) is 0 Å². The normalized spacial score (nSPS) is 10.3. The molecule has 0 saturated heterocycles. The van der Waals surface area contributed by atoms with E-state index in [0.29, 0.717) is 0 Å². The molecule has 0 amide bonds. The number of halogens is 1. The Morgan fingerprint density at radius 1 is 1.50 bits per heavy atom. The summed E-state index contributed by atoms with van der Waals surface area (Å²) in [5.41, 5.74) is -0.245. The molecule has 0 atom stereocenters. The van der Waals surface area contributed by atoms with Gasteiger partial charge >= 0.3 is 0 Å². The maximum absolute atomic E-state index is 12.1. The van der Waals surface area contributed by atoms with Gasteiger partial charge in [0.05, 0.1) is 22.5 Å². The van der Waals surface area contributed by atoms with Gasteiger partial charge in [0.15, 0.2) is 0 Å². The minimum Gasteiger partial charge on any atom is -0.311 e. The van der Waals surface area contributed by atoms with Crippen LogP contribution in [0.15, 0.2) is 35.3 Å². The van der Waals surface area contributed by atoms with Gasteiger partial charge in [-0.3, -0.25) is 14.9 Å². The Morgan fingerprint density at radius 2 is 2.20 bits per heavy atom. The van der Waals surface area contributed by atoms with Crippen LogP contribution in [0, 0.1) is 10.1 Å². The molecule has 9 heteroatoms. The molecule has 0 aliphatic carbocycles. The number of nitrogens with zero attached hydrogens (tertiary/aromatic N) is 4. The molecule has 0 bridgehead atoms. The fourth-order valence-corrected chi connectivity index (χ4v) is 1.85. The van der Waals surface area contributed by atoms with Crippen molar-refractivity contribution < 1.29 is 4.92 Å². The van der Waals surface area contributed by atoms with Crippen LogP contribution in [-0.2, 0) is 0 Å². The molecule has 2 N–H and O–H groups in total. The summed E-state index contributed by atoms with van der Waals surface area (Å²) >= 11 is 5.92. The monoisotopic (exact) mass is 295 g/mol. The molecule has 2 aromatic rings. The Bertz CT molecular complexity index is 728. The molecule has 1 aromatic carbocycles. The van der Waals surface area contributed by atoms with E-state index >= 15 is 0 Å². The largest absolute Gasteiger partial charge is 0.311 e. The number of aromatic nitrogens is 2. The first-order valence-electron chi connectivity index (χ1n) is 5.43. The molecule has 20 heavy (non-hydrogen) atoms. The third-order valence-electron chi connectivity index (χ3n) is 2.57. The molecule has 0 spiro atoms. The summed E-state index contributed by atoms with van der Waals surface area (Å²) < 4.78 is 0.975. The number of nitro benzene ring substituents is 1. The molecule has 0 aliphatic heterocycles. The molecule has 0 fully saturated rings. The standard InChI is InChI=1S/C11H10ClN5O3/c1-15(13)9-6-14-16(11(18)10(9)12)7-3-2-4-8(5-7)17(19)20/h2-6H,13H2,1H3. The van der Waals surface area contributed by atoms with Crippen LogP contribution in [0.5, 0.6) is 0 Å². The smallest absolute Gasteiger partial charge is 0.292 e. The zero-order valence-corrected chi connectivity index (χ0v) is 11.1. The minimum atomic E-state index is -0.609. The van der Waals surface area contributed by atoms with Gasteiger partial charge in [0.1, 0.15) is 5.02 Å². The predicted molar refractivity (Wildman–Crippen MR) is 74.1 cm³/mol. The SMILES string of the molecule is CN(N)c1cnn(-c2cccc([N+](=O)[O-])c2)c(=O)c1Cl. The highest BCUT2D eigenvalue weighted by atomic mass is 35.5. The van der Waals surface area contributed by atoms with Crippen LogP contribution in [-0.4, -0.2) is 21.8 Å². The van der Waals surface area contributed by atoms with Crippen molar-refractivity contribution in [2.75, 3.05) is 12.1 Å². The van der Waals surface area contributed by atoms with E-state index in [0.717, 1.165) is 9.69 Å². The Morgan fingerprint density at radius 3 is 2.80 bits per heavy atom. The van der Waals surface area contributed by atoms with E-state index in [1.807, 2.05) is 0 Å². The number of non-ortho nitro benzene ring substituents is 1. The highest BCUT2D eigenvalue weighted by molar-refractivity contribution is 6.33. The van der Waals surface area contributed by atoms with Crippen molar-refractivity contribution in [3.63, 3.8) is 0 Å². The summed E-state index contributed by atoms with van der Waals surface area (Å²) in [6, 6.07) is 5.52. The predicted octanol–water partition coefficient (Wildman–Crippen LogP) is 1.10. The van der Waals surface area contributed by atoms with Crippen molar-refractivity contribution >= 4 is 23.0 Å². The van der Waals surface area contributed by atoms with E-state index in [9.17, 15) is 14.9 Å². The van der Waals surface area contributed by atoms with E-state index in [-0.39, 0.29) is 22.1 Å². The van der Waals surface area contributed by atoms with Gasteiger partial charge in [-0.1, -0.05) is 17.7 Å². The maximum Gasteiger partial charge on any atom is 0.292 e. The number of nitrogens with two attached hydrogens (primary N) is 1. The number of nitro groups is 1. The molecule has 1 heterocycles. The maximum atomic E-state index is 12.1. The molecule has 1 aromatic heterocycles. The third-order valence-corrected chi connectivity index (χ3v) is 2.92. The Labute approximate surface area is 118 Å². The van der Waals surface area contributed by atoms with Gasteiger partial charge in [0.2, 0.25) is 0 Å². The van der Waals surface area contributed by atoms with Crippen molar-refractivity contribution in [3.8, 4) is 5.69 Å². The molecular formula is C11H10ClN5O3. The van der Waals surface area contributed by atoms with Gasteiger partial charge < -0.3 is 5.01 Å². The van der Waals surface area contributed by atoms with Crippen molar-refractivity contribution in [2.45, 2.75) is 0 Å². The Balaban J connectivity index is 2.60.